The molecule has 2 amide bonds. The summed E-state index contributed by atoms with van der Waals surface area (Å²) in [6, 6.07) is 10.3. The fourth-order valence-electron chi connectivity index (χ4n) is 4.50. The van der Waals surface area contributed by atoms with E-state index in [0.29, 0.717) is 30.6 Å². The smallest absolute Gasteiger partial charge is 0.322 e. The lowest BCUT2D eigenvalue weighted by atomic mass is 9.86. The Balaban J connectivity index is 1.70. The van der Waals surface area contributed by atoms with E-state index in [-0.39, 0.29) is 11.9 Å². The molecule has 2 N–H and O–H groups in total. The second-order valence-corrected chi connectivity index (χ2v) is 7.68. The molecule has 31 heavy (non-hydrogen) atoms. The minimum Gasteiger partial charge on any atom is -0.496 e. The van der Waals surface area contributed by atoms with Crippen molar-refractivity contribution in [3.8, 4) is 16.9 Å². The lowest BCUT2D eigenvalue weighted by Crippen LogP contribution is -2.52. The Bertz CT molecular complexity index is 1080. The van der Waals surface area contributed by atoms with E-state index < -0.39 is 24.5 Å². The van der Waals surface area contributed by atoms with Gasteiger partial charge in [-0.05, 0) is 40.8 Å². The summed E-state index contributed by atoms with van der Waals surface area (Å²) in [5.74, 6) is -1.21. The summed E-state index contributed by atoms with van der Waals surface area (Å²) < 4.78 is 5.20. The number of methoxy groups -OCH3 is 1. The number of hydrogen-bond acceptors (Lipinski definition) is 5. The van der Waals surface area contributed by atoms with Crippen molar-refractivity contribution in [1.29, 1.82) is 0 Å². The Morgan fingerprint density at radius 3 is 2.68 bits per heavy atom. The second kappa shape index (κ2) is 8.22. The molecule has 8 nitrogen and oxygen atoms in total. The van der Waals surface area contributed by atoms with E-state index in [2.05, 4.69) is 5.32 Å². The van der Waals surface area contributed by atoms with Gasteiger partial charge in [0.2, 0.25) is 11.8 Å². The summed E-state index contributed by atoms with van der Waals surface area (Å²) in [7, 11) is 1.51. The maximum Gasteiger partial charge on any atom is 0.322 e. The van der Waals surface area contributed by atoms with Crippen molar-refractivity contribution in [3.05, 3.63) is 53.1 Å². The summed E-state index contributed by atoms with van der Waals surface area (Å²) in [4.78, 5) is 49.0. The van der Waals surface area contributed by atoms with Gasteiger partial charge in [0.25, 0.3) is 0 Å². The lowest BCUT2D eigenvalue weighted by Gasteiger charge is -2.38. The first-order valence-electron chi connectivity index (χ1n) is 10.00. The third-order valence-corrected chi connectivity index (χ3v) is 5.91. The van der Waals surface area contributed by atoms with Crippen molar-refractivity contribution in [2.75, 3.05) is 13.7 Å². The highest BCUT2D eigenvalue weighted by molar-refractivity contribution is 5.91. The van der Waals surface area contributed by atoms with Crippen molar-refractivity contribution in [3.63, 3.8) is 0 Å². The highest BCUT2D eigenvalue weighted by atomic mass is 16.5. The minimum absolute atomic E-state index is 0.0963. The van der Waals surface area contributed by atoms with Crippen LogP contribution in [0.1, 0.15) is 40.4 Å². The Kier molecular flexibility index (Phi) is 5.46. The quantitative estimate of drug-likeness (QED) is 0.688. The van der Waals surface area contributed by atoms with Crippen LogP contribution in [0.15, 0.2) is 36.4 Å². The second-order valence-electron chi connectivity index (χ2n) is 7.68. The Labute approximate surface area is 178 Å². The van der Waals surface area contributed by atoms with Gasteiger partial charge >= 0.3 is 5.97 Å². The van der Waals surface area contributed by atoms with Crippen LogP contribution in [0.4, 0.5) is 0 Å². The molecule has 2 aromatic rings. The highest BCUT2D eigenvalue weighted by Gasteiger charge is 2.44. The number of amides is 2. The molecular weight excluding hydrogens is 400 g/mol. The van der Waals surface area contributed by atoms with Crippen molar-refractivity contribution in [1.82, 2.24) is 10.2 Å². The zero-order valence-electron chi connectivity index (χ0n) is 17.0. The molecule has 2 aromatic carbocycles. The van der Waals surface area contributed by atoms with Gasteiger partial charge in [0, 0.05) is 12.8 Å². The highest BCUT2D eigenvalue weighted by Crippen LogP contribution is 2.42. The number of carboxylic acids is 1. The molecule has 0 spiro atoms. The normalized spacial score (nSPS) is 19.4. The first-order chi connectivity index (χ1) is 14.9. The average molecular weight is 422 g/mol. The summed E-state index contributed by atoms with van der Waals surface area (Å²) in [6.45, 7) is -0.491. The number of benzene rings is 2. The standard InChI is InChI=1S/C23H22N2O6/c1-31-20-6-3-14(9-16(20)12-26)13-2-4-17-15(8-13)10-19(23(30)24-11-22(28)29)25-18(17)5-7-21(25)27/h2-4,6,8-9,12,18-19H,5,7,10-11H2,1H3,(H,24,30)(H,28,29)/t18-,19+/m1/s1. The van der Waals surface area contributed by atoms with E-state index >= 15 is 0 Å². The minimum atomic E-state index is -1.14. The molecular formula is C23H22N2O6. The van der Waals surface area contributed by atoms with E-state index in [1.54, 1.807) is 17.0 Å². The van der Waals surface area contributed by atoms with Gasteiger partial charge in [0.1, 0.15) is 18.3 Å². The summed E-state index contributed by atoms with van der Waals surface area (Å²) in [6.07, 6.45) is 2.01. The molecule has 0 radical (unpaired) electrons. The van der Waals surface area contributed by atoms with Crippen LogP contribution in [-0.4, -0.2) is 53.8 Å². The molecule has 2 aliphatic rings. The summed E-state index contributed by atoms with van der Waals surface area (Å²) >= 11 is 0. The molecule has 2 aliphatic heterocycles. The molecule has 1 saturated heterocycles. The Morgan fingerprint density at radius 1 is 1.23 bits per heavy atom. The molecule has 0 saturated carbocycles. The van der Waals surface area contributed by atoms with Gasteiger partial charge in [-0.1, -0.05) is 24.3 Å². The largest absolute Gasteiger partial charge is 0.496 e. The van der Waals surface area contributed by atoms with Gasteiger partial charge < -0.3 is 20.1 Å². The summed E-state index contributed by atoms with van der Waals surface area (Å²) in [5.41, 5.74) is 4.10. The molecule has 0 unspecified atom stereocenters. The van der Waals surface area contributed by atoms with Crippen molar-refractivity contribution >= 4 is 24.1 Å². The SMILES string of the molecule is COc1ccc(-c2ccc3c(c2)C[C@@H](C(=O)NCC(=O)O)N2C(=O)CC[C@H]32)cc1C=O. The van der Waals surface area contributed by atoms with E-state index in [9.17, 15) is 19.2 Å². The topological polar surface area (TPSA) is 113 Å². The fourth-order valence-corrected chi connectivity index (χ4v) is 4.50. The third-order valence-electron chi connectivity index (χ3n) is 5.91. The van der Waals surface area contributed by atoms with Gasteiger partial charge in [-0.15, -0.1) is 0 Å². The Hall–Kier alpha value is -3.68. The summed E-state index contributed by atoms with van der Waals surface area (Å²) in [5, 5.41) is 11.3. The number of nitrogens with zero attached hydrogens (tertiary/aromatic N) is 1. The lowest BCUT2D eigenvalue weighted by molar-refractivity contribution is -0.142. The van der Waals surface area contributed by atoms with Crippen LogP contribution < -0.4 is 10.1 Å². The van der Waals surface area contributed by atoms with Gasteiger partial charge in [0.05, 0.1) is 18.7 Å². The Morgan fingerprint density at radius 2 is 1.97 bits per heavy atom. The van der Waals surface area contributed by atoms with E-state index in [4.69, 9.17) is 9.84 Å². The number of aldehydes is 1. The number of nitrogens with one attached hydrogen (secondary N) is 1. The van der Waals surface area contributed by atoms with Crippen LogP contribution in [0, 0.1) is 0 Å². The van der Waals surface area contributed by atoms with E-state index in [1.165, 1.54) is 7.11 Å². The van der Waals surface area contributed by atoms with Gasteiger partial charge in [-0.25, -0.2) is 0 Å². The first-order valence-corrected chi connectivity index (χ1v) is 10.00. The average Bonchev–Trinajstić information content (AvgIpc) is 3.17. The number of carbonyl (C=O) groups excluding carboxylic acids is 3. The maximum atomic E-state index is 12.7. The number of aliphatic carboxylic acids is 1. The first kappa shape index (κ1) is 20.6. The molecule has 8 heteroatoms. The van der Waals surface area contributed by atoms with Crippen LogP contribution in [0.25, 0.3) is 11.1 Å². The number of rotatable bonds is 6. The molecule has 160 valence electrons. The number of fused-ring (bicyclic) bond motifs is 3. The molecule has 2 atom stereocenters. The van der Waals surface area contributed by atoms with Gasteiger partial charge in [-0.3, -0.25) is 19.2 Å². The zero-order valence-corrected chi connectivity index (χ0v) is 17.0. The van der Waals surface area contributed by atoms with E-state index in [0.717, 1.165) is 28.5 Å². The maximum absolute atomic E-state index is 12.7. The molecule has 0 bridgehead atoms. The number of carboxylic acid groups (broad SMARTS) is 1. The van der Waals surface area contributed by atoms with Gasteiger partial charge in [0.15, 0.2) is 6.29 Å². The predicted octanol–water partition coefficient (Wildman–Crippen LogP) is 1.96. The number of carbonyl (C=O) groups is 4. The van der Waals surface area contributed by atoms with Crippen molar-refractivity contribution in [2.45, 2.75) is 31.3 Å². The van der Waals surface area contributed by atoms with Crippen LogP contribution in [-0.2, 0) is 20.8 Å². The molecule has 1 fully saturated rings. The van der Waals surface area contributed by atoms with E-state index in [1.807, 2.05) is 24.3 Å². The van der Waals surface area contributed by atoms with Crippen LogP contribution >= 0.6 is 0 Å². The number of ether oxygens (including phenoxy) is 1. The number of hydrogen-bond donors (Lipinski definition) is 2. The van der Waals surface area contributed by atoms with Crippen molar-refractivity contribution < 1.29 is 29.0 Å². The molecule has 4 rings (SSSR count). The monoisotopic (exact) mass is 422 g/mol. The predicted molar refractivity (Wildman–Crippen MR) is 111 cm³/mol. The van der Waals surface area contributed by atoms with Crippen LogP contribution in [0.3, 0.4) is 0 Å². The van der Waals surface area contributed by atoms with Crippen molar-refractivity contribution in [2.24, 2.45) is 0 Å². The van der Waals surface area contributed by atoms with Crippen LogP contribution in [0.2, 0.25) is 0 Å². The molecule has 0 aromatic heterocycles. The van der Waals surface area contributed by atoms with Crippen LogP contribution in [0.5, 0.6) is 5.75 Å². The van der Waals surface area contributed by atoms with Gasteiger partial charge in [-0.2, -0.15) is 0 Å². The third kappa shape index (κ3) is 3.76. The molecule has 0 aliphatic carbocycles. The molecule has 2 heterocycles. The zero-order chi connectivity index (χ0) is 22.1. The fraction of sp³-hybridized carbons (Fsp3) is 0.304.